The van der Waals surface area contributed by atoms with Crippen LogP contribution in [0.3, 0.4) is 0 Å². The Morgan fingerprint density at radius 2 is 1.83 bits per heavy atom. The van der Waals surface area contributed by atoms with Crippen LogP contribution in [0.15, 0.2) is 36.7 Å². The van der Waals surface area contributed by atoms with E-state index >= 15 is 0 Å². The summed E-state index contributed by atoms with van der Waals surface area (Å²) in [7, 11) is 0. The van der Waals surface area contributed by atoms with Gasteiger partial charge in [0.15, 0.2) is 0 Å². The molecule has 2 fully saturated rings. The first-order valence-electron chi connectivity index (χ1n) is 12.4. The maximum absolute atomic E-state index is 13.3. The Hall–Kier alpha value is -3.08. The first-order chi connectivity index (χ1) is 17.2. The van der Waals surface area contributed by atoms with Crippen molar-refractivity contribution in [3.05, 3.63) is 52.3 Å². The number of pyridine rings is 1. The number of ether oxygens (including phenoxy) is 1. The molecule has 1 aromatic carbocycles. The fourth-order valence-corrected chi connectivity index (χ4v) is 4.96. The molecule has 36 heavy (non-hydrogen) atoms. The summed E-state index contributed by atoms with van der Waals surface area (Å²) >= 11 is 0. The van der Waals surface area contributed by atoms with Crippen LogP contribution < -0.4 is 15.0 Å². The number of halogens is 3. The van der Waals surface area contributed by atoms with Gasteiger partial charge in [0.2, 0.25) is 0 Å². The molecule has 1 saturated heterocycles. The summed E-state index contributed by atoms with van der Waals surface area (Å²) in [5.74, 6) is 0.727. The molecule has 0 atom stereocenters. The van der Waals surface area contributed by atoms with E-state index in [0.717, 1.165) is 88.4 Å². The quantitative estimate of drug-likeness (QED) is 0.381. The van der Waals surface area contributed by atoms with Gasteiger partial charge in [-0.3, -0.25) is 20.0 Å². The Balaban J connectivity index is 1.30. The largest absolute Gasteiger partial charge is 0.489 e. The summed E-state index contributed by atoms with van der Waals surface area (Å²) in [6.07, 6.45) is 2.88. The highest BCUT2D eigenvalue weighted by atomic mass is 19.4. The monoisotopic (exact) mass is 507 g/mol. The van der Waals surface area contributed by atoms with Crippen LogP contribution in [0.5, 0.6) is 5.75 Å². The number of hydrogen-bond acceptors (Lipinski definition) is 7. The second kappa shape index (κ2) is 11.3. The average Bonchev–Trinajstić information content (AvgIpc) is 2.85. The molecule has 196 valence electrons. The topological polar surface area (TPSA) is 83.8 Å². The lowest BCUT2D eigenvalue weighted by atomic mass is 9.92. The lowest BCUT2D eigenvalue weighted by molar-refractivity contribution is -0.388. The van der Waals surface area contributed by atoms with Gasteiger partial charge in [0.25, 0.3) is 5.69 Å². The van der Waals surface area contributed by atoms with Crippen molar-refractivity contribution in [3.8, 4) is 5.75 Å². The van der Waals surface area contributed by atoms with Gasteiger partial charge in [0.1, 0.15) is 11.3 Å². The third kappa shape index (κ3) is 6.57. The van der Waals surface area contributed by atoms with Crippen molar-refractivity contribution < 1.29 is 22.8 Å². The van der Waals surface area contributed by atoms with Gasteiger partial charge in [-0.1, -0.05) is 6.92 Å². The number of anilines is 2. The number of piperazine rings is 1. The van der Waals surface area contributed by atoms with E-state index in [9.17, 15) is 23.3 Å². The third-order valence-electron chi connectivity index (χ3n) is 6.82. The molecule has 0 bridgehead atoms. The number of rotatable bonds is 8. The molecular formula is C25H32F3N5O3. The summed E-state index contributed by atoms with van der Waals surface area (Å²) in [5.41, 5.74) is -0.900. The van der Waals surface area contributed by atoms with Crippen LogP contribution in [0, 0.1) is 10.1 Å². The van der Waals surface area contributed by atoms with Gasteiger partial charge in [-0.25, -0.2) is 0 Å². The van der Waals surface area contributed by atoms with E-state index in [0.29, 0.717) is 0 Å². The number of hydrogen-bond donors (Lipinski definition) is 1. The molecule has 1 N–H and O–H groups in total. The molecular weight excluding hydrogens is 475 g/mol. The summed E-state index contributed by atoms with van der Waals surface area (Å²) in [6, 6.07) is 5.05. The van der Waals surface area contributed by atoms with Crippen molar-refractivity contribution >= 4 is 17.1 Å². The van der Waals surface area contributed by atoms with Crippen molar-refractivity contribution in [2.45, 2.75) is 57.3 Å². The van der Waals surface area contributed by atoms with Crippen molar-refractivity contribution in [1.29, 1.82) is 0 Å². The van der Waals surface area contributed by atoms with Crippen molar-refractivity contribution in [1.82, 2.24) is 9.88 Å². The van der Waals surface area contributed by atoms with Crippen molar-refractivity contribution in [2.75, 3.05) is 42.9 Å². The predicted octanol–water partition coefficient (Wildman–Crippen LogP) is 5.34. The minimum absolute atomic E-state index is 0.00379. The van der Waals surface area contributed by atoms with E-state index in [4.69, 9.17) is 4.74 Å². The Morgan fingerprint density at radius 1 is 1.11 bits per heavy atom. The zero-order valence-corrected chi connectivity index (χ0v) is 20.3. The summed E-state index contributed by atoms with van der Waals surface area (Å²) in [6.45, 7) is 7.31. The van der Waals surface area contributed by atoms with E-state index in [1.165, 1.54) is 6.07 Å². The highest BCUT2D eigenvalue weighted by molar-refractivity contribution is 5.55. The molecule has 0 amide bonds. The summed E-state index contributed by atoms with van der Waals surface area (Å²) in [4.78, 5) is 19.1. The van der Waals surface area contributed by atoms with E-state index in [1.54, 1.807) is 6.20 Å². The van der Waals surface area contributed by atoms with Gasteiger partial charge in [-0.15, -0.1) is 0 Å². The van der Waals surface area contributed by atoms with Crippen molar-refractivity contribution in [3.63, 3.8) is 0 Å². The highest BCUT2D eigenvalue weighted by Crippen LogP contribution is 2.38. The fraction of sp³-hybridized carbons (Fsp3) is 0.560. The van der Waals surface area contributed by atoms with Crippen molar-refractivity contribution in [2.24, 2.45) is 0 Å². The van der Waals surface area contributed by atoms with Crippen LogP contribution >= 0.6 is 0 Å². The Labute approximate surface area is 208 Å². The number of aromatic nitrogens is 1. The molecule has 1 aromatic heterocycles. The number of alkyl halides is 3. The highest BCUT2D eigenvalue weighted by Gasteiger charge is 2.38. The molecule has 8 nitrogen and oxygen atoms in total. The third-order valence-corrected chi connectivity index (χ3v) is 6.82. The van der Waals surface area contributed by atoms with Gasteiger partial charge in [-0.05, 0) is 50.8 Å². The molecule has 11 heteroatoms. The lowest BCUT2D eigenvalue weighted by Crippen LogP contribution is -2.46. The molecule has 0 unspecified atom stereocenters. The molecule has 1 aliphatic carbocycles. The van der Waals surface area contributed by atoms with Crippen LogP contribution in [-0.2, 0) is 6.18 Å². The molecule has 2 aromatic rings. The minimum Gasteiger partial charge on any atom is -0.489 e. The van der Waals surface area contributed by atoms with Crippen LogP contribution in [0.1, 0.15) is 44.6 Å². The molecule has 0 radical (unpaired) electrons. The molecule has 4 rings (SSSR count). The standard InChI is InChI=1S/C25H32F3N5O3/c1-2-9-31-10-12-32(13-11-31)20-15-22(17-29-16-20)36-21-6-3-18(4-7-21)30-19-5-8-24(33(34)35)23(14-19)25(26,27)28/h5,8,14-18,21,30H,2-4,6-7,9-13H2,1H3. The first kappa shape index (κ1) is 26.0. The van der Waals surface area contributed by atoms with E-state index in [2.05, 4.69) is 27.0 Å². The first-order valence-corrected chi connectivity index (χ1v) is 12.4. The second-order valence-electron chi connectivity index (χ2n) is 9.43. The van der Waals surface area contributed by atoms with E-state index in [-0.39, 0.29) is 17.8 Å². The zero-order valence-electron chi connectivity index (χ0n) is 20.3. The number of nitro benzene ring substituents is 1. The Morgan fingerprint density at radius 3 is 2.47 bits per heavy atom. The van der Waals surface area contributed by atoms with E-state index < -0.39 is 22.4 Å². The normalized spacial score (nSPS) is 21.3. The second-order valence-corrected chi connectivity index (χ2v) is 9.43. The molecule has 2 heterocycles. The molecule has 1 aliphatic heterocycles. The SMILES string of the molecule is CCCN1CCN(c2cncc(OC3CCC(Nc4ccc([N+](=O)[O-])c(C(F)(F)F)c4)CC3)c2)CC1. The van der Waals surface area contributed by atoms with Crippen LogP contribution in [0.2, 0.25) is 0 Å². The molecule has 1 saturated carbocycles. The Bertz CT molecular complexity index is 1040. The number of benzene rings is 1. The number of nitro groups is 1. The van der Waals surface area contributed by atoms with E-state index in [1.807, 2.05) is 12.3 Å². The maximum atomic E-state index is 13.3. The van der Waals surface area contributed by atoms with Gasteiger partial charge < -0.3 is 15.0 Å². The predicted molar refractivity (Wildman–Crippen MR) is 132 cm³/mol. The Kier molecular flexibility index (Phi) is 8.17. The smallest absolute Gasteiger partial charge is 0.423 e. The van der Waals surface area contributed by atoms with Crippen LogP contribution in [0.4, 0.5) is 30.2 Å². The van der Waals surface area contributed by atoms with Gasteiger partial charge in [0.05, 0.1) is 29.1 Å². The zero-order chi connectivity index (χ0) is 25.7. The van der Waals surface area contributed by atoms with Gasteiger partial charge in [-0.2, -0.15) is 13.2 Å². The molecule has 2 aliphatic rings. The number of nitrogens with one attached hydrogen (secondary N) is 1. The fourth-order valence-electron chi connectivity index (χ4n) is 4.96. The maximum Gasteiger partial charge on any atom is 0.423 e. The lowest BCUT2D eigenvalue weighted by Gasteiger charge is -2.36. The minimum atomic E-state index is -4.79. The van der Waals surface area contributed by atoms with Crippen LogP contribution in [0.25, 0.3) is 0 Å². The number of nitrogens with zero attached hydrogens (tertiary/aromatic N) is 4. The van der Waals surface area contributed by atoms with Gasteiger partial charge >= 0.3 is 6.18 Å². The molecule has 0 spiro atoms. The summed E-state index contributed by atoms with van der Waals surface area (Å²) < 4.78 is 46.0. The average molecular weight is 508 g/mol. The van der Waals surface area contributed by atoms with Crippen LogP contribution in [-0.4, -0.2) is 59.7 Å². The van der Waals surface area contributed by atoms with Gasteiger partial charge in [0, 0.05) is 50.0 Å². The summed E-state index contributed by atoms with van der Waals surface area (Å²) in [5, 5.41) is 14.1.